The summed E-state index contributed by atoms with van der Waals surface area (Å²) in [5, 5.41) is 9.39. The summed E-state index contributed by atoms with van der Waals surface area (Å²) in [5.74, 6) is 0.993. The molecule has 1 N–H and O–H groups in total. The van der Waals surface area contributed by atoms with Crippen LogP contribution in [-0.4, -0.2) is 5.11 Å². The number of hydrogen-bond acceptors (Lipinski definition) is 1. The van der Waals surface area contributed by atoms with E-state index in [2.05, 4.69) is 39.8 Å². The van der Waals surface area contributed by atoms with Crippen molar-refractivity contribution in [2.75, 3.05) is 0 Å². The Morgan fingerprint density at radius 1 is 1.18 bits per heavy atom. The second-order valence-corrected chi connectivity index (χ2v) is 7.06. The van der Waals surface area contributed by atoms with Crippen molar-refractivity contribution < 1.29 is 5.11 Å². The average Bonchev–Trinajstić information content (AvgIpc) is 2.94. The van der Waals surface area contributed by atoms with Crippen LogP contribution in [0.4, 0.5) is 0 Å². The zero-order valence-corrected chi connectivity index (χ0v) is 11.5. The van der Waals surface area contributed by atoms with Crippen LogP contribution in [0.1, 0.15) is 58.4 Å². The van der Waals surface area contributed by atoms with Gasteiger partial charge >= 0.3 is 0 Å². The Balaban J connectivity index is 2.24. The Morgan fingerprint density at radius 3 is 2.12 bits per heavy atom. The van der Waals surface area contributed by atoms with Gasteiger partial charge in [-0.1, -0.05) is 39.8 Å². The van der Waals surface area contributed by atoms with E-state index in [1.807, 2.05) is 12.1 Å². The van der Waals surface area contributed by atoms with E-state index in [9.17, 15) is 5.11 Å². The molecule has 94 valence electrons. The van der Waals surface area contributed by atoms with Crippen LogP contribution in [-0.2, 0) is 0 Å². The topological polar surface area (TPSA) is 20.2 Å². The Bertz CT molecular complexity index is 379. The fourth-order valence-corrected chi connectivity index (χ4v) is 2.63. The highest BCUT2D eigenvalue weighted by atomic mass is 16.3. The van der Waals surface area contributed by atoms with Gasteiger partial charge in [0.25, 0.3) is 0 Å². The molecule has 1 aromatic carbocycles. The van der Waals surface area contributed by atoms with Crippen molar-refractivity contribution in [3.8, 4) is 5.75 Å². The maximum absolute atomic E-state index is 9.39. The van der Waals surface area contributed by atoms with Crippen LogP contribution in [0.3, 0.4) is 0 Å². The Kier molecular flexibility index (Phi) is 2.97. The summed E-state index contributed by atoms with van der Waals surface area (Å²) in [6.45, 7) is 9.33. The molecule has 1 nitrogen and oxygen atoms in total. The Hall–Kier alpha value is -0.980. The zero-order chi connectivity index (χ0) is 12.7. The maximum atomic E-state index is 9.39. The Labute approximate surface area is 105 Å². The van der Waals surface area contributed by atoms with E-state index in [0.29, 0.717) is 22.5 Å². The van der Waals surface area contributed by atoms with Crippen LogP contribution in [0.2, 0.25) is 0 Å². The molecular formula is C16H24O. The molecule has 0 spiro atoms. The van der Waals surface area contributed by atoms with Crippen molar-refractivity contribution in [1.82, 2.24) is 0 Å². The van der Waals surface area contributed by atoms with Crippen LogP contribution >= 0.6 is 0 Å². The summed E-state index contributed by atoms with van der Waals surface area (Å²) >= 11 is 0. The second-order valence-electron chi connectivity index (χ2n) is 7.06. The van der Waals surface area contributed by atoms with Gasteiger partial charge < -0.3 is 5.11 Å². The predicted molar refractivity (Wildman–Crippen MR) is 72.3 cm³/mol. The van der Waals surface area contributed by atoms with Gasteiger partial charge in [0.15, 0.2) is 0 Å². The largest absolute Gasteiger partial charge is 0.508 e. The van der Waals surface area contributed by atoms with Crippen molar-refractivity contribution in [1.29, 1.82) is 0 Å². The van der Waals surface area contributed by atoms with Crippen LogP contribution in [0.15, 0.2) is 24.3 Å². The molecule has 1 fully saturated rings. The van der Waals surface area contributed by atoms with E-state index in [1.165, 1.54) is 24.8 Å². The molecule has 1 unspecified atom stereocenters. The quantitative estimate of drug-likeness (QED) is 0.800. The molecule has 0 heterocycles. The van der Waals surface area contributed by atoms with Crippen molar-refractivity contribution in [3.05, 3.63) is 29.8 Å². The number of rotatable bonds is 3. The van der Waals surface area contributed by atoms with Gasteiger partial charge in [0.2, 0.25) is 0 Å². The summed E-state index contributed by atoms with van der Waals surface area (Å²) in [4.78, 5) is 0. The highest BCUT2D eigenvalue weighted by Gasteiger charge is 2.46. The minimum Gasteiger partial charge on any atom is -0.508 e. The van der Waals surface area contributed by atoms with Crippen LogP contribution in [0.5, 0.6) is 5.75 Å². The first-order chi connectivity index (χ1) is 7.80. The van der Waals surface area contributed by atoms with Crippen LogP contribution in [0.25, 0.3) is 0 Å². The molecule has 2 rings (SSSR count). The van der Waals surface area contributed by atoms with Gasteiger partial charge in [-0.3, -0.25) is 0 Å². The van der Waals surface area contributed by atoms with Crippen LogP contribution < -0.4 is 0 Å². The Morgan fingerprint density at radius 2 is 1.71 bits per heavy atom. The van der Waals surface area contributed by atoms with Gasteiger partial charge in [0, 0.05) is 0 Å². The fraction of sp³-hybridized carbons (Fsp3) is 0.625. The summed E-state index contributed by atoms with van der Waals surface area (Å²) < 4.78 is 0. The molecule has 1 aliphatic carbocycles. The highest BCUT2D eigenvalue weighted by molar-refractivity contribution is 5.31. The summed E-state index contributed by atoms with van der Waals surface area (Å²) in [7, 11) is 0. The molecule has 0 saturated heterocycles. The minimum atomic E-state index is 0.355. The number of benzene rings is 1. The smallest absolute Gasteiger partial charge is 0.115 e. The third kappa shape index (κ3) is 3.02. The molecular weight excluding hydrogens is 208 g/mol. The average molecular weight is 232 g/mol. The molecule has 0 aliphatic heterocycles. The van der Waals surface area contributed by atoms with Gasteiger partial charge in [-0.05, 0) is 53.7 Å². The fourth-order valence-electron chi connectivity index (χ4n) is 2.63. The molecule has 1 atom stereocenters. The lowest BCUT2D eigenvalue weighted by Crippen LogP contribution is -2.18. The highest BCUT2D eigenvalue weighted by Crippen LogP contribution is 2.58. The van der Waals surface area contributed by atoms with Crippen molar-refractivity contribution in [2.24, 2.45) is 10.8 Å². The molecule has 0 radical (unpaired) electrons. The lowest BCUT2D eigenvalue weighted by molar-refractivity contribution is 0.280. The van der Waals surface area contributed by atoms with Crippen molar-refractivity contribution in [3.63, 3.8) is 0 Å². The van der Waals surface area contributed by atoms with Crippen molar-refractivity contribution in [2.45, 2.75) is 52.9 Å². The molecule has 0 aromatic heterocycles. The number of phenolic OH excluding ortho intramolecular Hbond substituents is 1. The lowest BCUT2D eigenvalue weighted by Gasteiger charge is -2.31. The SMILES string of the molecule is CC(C)(C)CC(c1ccc(O)cc1)C1(C)CC1. The number of aromatic hydroxyl groups is 1. The van der Waals surface area contributed by atoms with Gasteiger partial charge in [0.1, 0.15) is 5.75 Å². The van der Waals surface area contributed by atoms with Gasteiger partial charge in [-0.25, -0.2) is 0 Å². The first-order valence-electron chi connectivity index (χ1n) is 6.59. The molecule has 0 bridgehead atoms. The summed E-state index contributed by atoms with van der Waals surface area (Å²) in [5.41, 5.74) is 2.23. The van der Waals surface area contributed by atoms with E-state index >= 15 is 0 Å². The standard InChI is InChI=1S/C16H24O/c1-15(2,3)11-14(16(4)9-10-16)12-5-7-13(17)8-6-12/h5-8,14,17H,9-11H2,1-4H3. The van der Waals surface area contributed by atoms with E-state index in [0.717, 1.165) is 0 Å². The van der Waals surface area contributed by atoms with Crippen LogP contribution in [0, 0.1) is 10.8 Å². The third-order valence-corrected chi connectivity index (χ3v) is 3.99. The van der Waals surface area contributed by atoms with E-state index in [1.54, 1.807) is 0 Å². The minimum absolute atomic E-state index is 0.355. The maximum Gasteiger partial charge on any atom is 0.115 e. The first kappa shape index (κ1) is 12.5. The molecule has 1 heteroatoms. The summed E-state index contributed by atoms with van der Waals surface area (Å²) in [6, 6.07) is 7.82. The van der Waals surface area contributed by atoms with Gasteiger partial charge in [-0.15, -0.1) is 0 Å². The van der Waals surface area contributed by atoms with E-state index in [-0.39, 0.29) is 0 Å². The van der Waals surface area contributed by atoms with Crippen molar-refractivity contribution >= 4 is 0 Å². The van der Waals surface area contributed by atoms with E-state index in [4.69, 9.17) is 0 Å². The molecule has 17 heavy (non-hydrogen) atoms. The third-order valence-electron chi connectivity index (χ3n) is 3.99. The summed E-state index contributed by atoms with van der Waals surface area (Å²) in [6.07, 6.45) is 3.90. The molecule has 1 aromatic rings. The van der Waals surface area contributed by atoms with Gasteiger partial charge in [0.05, 0.1) is 0 Å². The molecule has 1 aliphatic rings. The number of hydrogen-bond donors (Lipinski definition) is 1. The lowest BCUT2D eigenvalue weighted by atomic mass is 9.74. The molecule has 0 amide bonds. The second kappa shape index (κ2) is 4.04. The predicted octanol–water partition coefficient (Wildman–Crippen LogP) is 4.71. The zero-order valence-electron chi connectivity index (χ0n) is 11.5. The normalized spacial score (nSPS) is 20.0. The first-order valence-corrected chi connectivity index (χ1v) is 6.59. The number of phenols is 1. The van der Waals surface area contributed by atoms with Gasteiger partial charge in [-0.2, -0.15) is 0 Å². The van der Waals surface area contributed by atoms with E-state index < -0.39 is 0 Å². The molecule has 1 saturated carbocycles. The monoisotopic (exact) mass is 232 g/mol.